The van der Waals surface area contributed by atoms with Gasteiger partial charge in [0.2, 0.25) is 5.91 Å². The number of nitrogens with one attached hydrogen (secondary N) is 1. The first kappa shape index (κ1) is 66.6. The second-order valence-corrected chi connectivity index (χ2v) is 21.4. The molecule has 2 atom stereocenters. The Kier molecular flexibility index (Phi) is 57.0. The lowest BCUT2D eigenvalue weighted by Gasteiger charge is -2.22. The first-order valence-electron chi connectivity index (χ1n) is 30.9. The van der Waals surface area contributed by atoms with Crippen molar-refractivity contribution in [3.8, 4) is 0 Å². The number of allylic oxidation sites excluding steroid dienone is 2. The highest BCUT2D eigenvalue weighted by Crippen LogP contribution is 2.18. The summed E-state index contributed by atoms with van der Waals surface area (Å²) in [6.07, 6.45) is 69.2. The second kappa shape index (κ2) is 58.2. The quantitative estimate of drug-likeness (QED) is 0.0321. The molecule has 1 amide bonds. The molecular weight excluding hydrogens is 839 g/mol. The third-order valence-corrected chi connectivity index (χ3v) is 14.6. The predicted octanol–water partition coefficient (Wildman–Crippen LogP) is 19.2. The molecule has 0 rings (SSSR count). The van der Waals surface area contributed by atoms with E-state index in [0.29, 0.717) is 25.9 Å². The number of hydrogen-bond donors (Lipinski definition) is 3. The predicted molar refractivity (Wildman–Crippen MR) is 297 cm³/mol. The Morgan fingerprint density at radius 2 is 0.691 bits per heavy atom. The maximum absolute atomic E-state index is 12.5. The van der Waals surface area contributed by atoms with Gasteiger partial charge in [0, 0.05) is 12.8 Å². The van der Waals surface area contributed by atoms with Crippen LogP contribution in [0.5, 0.6) is 0 Å². The number of esters is 1. The van der Waals surface area contributed by atoms with Crippen LogP contribution in [0.2, 0.25) is 0 Å². The van der Waals surface area contributed by atoms with Gasteiger partial charge in [-0.05, 0) is 51.4 Å². The summed E-state index contributed by atoms with van der Waals surface area (Å²) in [6, 6.07) is -0.548. The Labute approximate surface area is 425 Å². The molecule has 3 N–H and O–H groups in total. The Morgan fingerprint density at radius 1 is 0.397 bits per heavy atom. The first-order valence-corrected chi connectivity index (χ1v) is 30.9. The summed E-state index contributed by atoms with van der Waals surface area (Å²) in [5.41, 5.74) is 0. The van der Waals surface area contributed by atoms with E-state index >= 15 is 0 Å². The Hall–Kier alpha value is -1.40. The number of hydrogen-bond acceptors (Lipinski definition) is 5. The van der Waals surface area contributed by atoms with Gasteiger partial charge in [-0.25, -0.2) is 0 Å². The fourth-order valence-electron chi connectivity index (χ4n) is 9.81. The molecule has 6 nitrogen and oxygen atoms in total. The molecule has 0 aliphatic carbocycles. The highest BCUT2D eigenvalue weighted by Gasteiger charge is 2.20. The van der Waals surface area contributed by atoms with Crippen LogP contribution in [0.3, 0.4) is 0 Å². The number of ether oxygens (including phenoxy) is 1. The number of amides is 1. The summed E-state index contributed by atoms with van der Waals surface area (Å²) in [7, 11) is 0. The van der Waals surface area contributed by atoms with Crippen LogP contribution in [0.1, 0.15) is 348 Å². The lowest BCUT2D eigenvalue weighted by molar-refractivity contribution is -0.143. The lowest BCUT2D eigenvalue weighted by atomic mass is 10.0. The Bertz CT molecular complexity index is 1020. The number of aliphatic hydroxyl groups is 2. The molecule has 0 aromatic rings. The van der Waals surface area contributed by atoms with E-state index < -0.39 is 12.1 Å². The van der Waals surface area contributed by atoms with Crippen LogP contribution in [-0.4, -0.2) is 47.4 Å². The van der Waals surface area contributed by atoms with Gasteiger partial charge in [0.05, 0.1) is 25.4 Å². The maximum Gasteiger partial charge on any atom is 0.305 e. The monoisotopic (exact) mass is 960 g/mol. The van der Waals surface area contributed by atoms with Crippen molar-refractivity contribution in [1.29, 1.82) is 0 Å². The van der Waals surface area contributed by atoms with Crippen LogP contribution >= 0.6 is 0 Å². The third-order valence-electron chi connectivity index (χ3n) is 14.6. The van der Waals surface area contributed by atoms with E-state index in [9.17, 15) is 19.8 Å². The standard InChI is InChI=1S/C62H121NO5/c1-3-5-7-9-11-13-15-17-19-21-23-26-30-34-38-42-46-50-54-60(65)59(58-64)63-61(66)55-51-47-43-39-35-31-27-25-29-33-37-41-45-49-53-57-68-62(67)56-52-48-44-40-36-32-28-24-22-20-18-16-14-12-10-8-6-4-2/h20,22,59-60,64-65H,3-19,21,23-58H2,1-2H3,(H,63,66)/b22-20-. The van der Waals surface area contributed by atoms with E-state index in [-0.39, 0.29) is 18.5 Å². The van der Waals surface area contributed by atoms with Gasteiger partial charge in [-0.3, -0.25) is 9.59 Å². The summed E-state index contributed by atoms with van der Waals surface area (Å²) in [4.78, 5) is 24.6. The van der Waals surface area contributed by atoms with Crippen molar-refractivity contribution < 1.29 is 24.5 Å². The number of aliphatic hydroxyl groups excluding tert-OH is 2. The van der Waals surface area contributed by atoms with Crippen LogP contribution in [0.15, 0.2) is 12.2 Å². The molecule has 0 bridgehead atoms. The van der Waals surface area contributed by atoms with Gasteiger partial charge in [0.25, 0.3) is 0 Å². The first-order chi connectivity index (χ1) is 33.5. The smallest absolute Gasteiger partial charge is 0.305 e. The van der Waals surface area contributed by atoms with Crippen LogP contribution < -0.4 is 5.32 Å². The molecule has 0 saturated heterocycles. The minimum absolute atomic E-state index is 0.00113. The van der Waals surface area contributed by atoms with E-state index in [1.165, 1.54) is 270 Å². The summed E-state index contributed by atoms with van der Waals surface area (Å²) in [5, 5.41) is 23.3. The van der Waals surface area contributed by atoms with E-state index in [2.05, 4.69) is 31.3 Å². The summed E-state index contributed by atoms with van der Waals surface area (Å²) < 4.78 is 5.49. The molecule has 2 unspecified atom stereocenters. The summed E-state index contributed by atoms with van der Waals surface area (Å²) in [6.45, 7) is 4.96. The zero-order valence-electron chi connectivity index (χ0n) is 46.1. The molecule has 68 heavy (non-hydrogen) atoms. The molecule has 0 aliphatic heterocycles. The van der Waals surface area contributed by atoms with Gasteiger partial charge >= 0.3 is 5.97 Å². The van der Waals surface area contributed by atoms with Gasteiger partial charge in [-0.1, -0.05) is 296 Å². The van der Waals surface area contributed by atoms with Crippen LogP contribution in [0, 0.1) is 0 Å². The Balaban J connectivity index is 3.41. The fourth-order valence-corrected chi connectivity index (χ4v) is 9.81. The SMILES string of the molecule is CCCCCCCCC/C=C\CCCCCCCCCC(=O)OCCCCCCCCCCCCCCCCCC(=O)NC(CO)C(O)CCCCCCCCCCCCCCCCCCCC. The normalized spacial score (nSPS) is 12.6. The average molecular weight is 961 g/mol. The van der Waals surface area contributed by atoms with Gasteiger partial charge in [0.1, 0.15) is 0 Å². The molecule has 6 heteroatoms. The van der Waals surface area contributed by atoms with E-state index in [1.807, 2.05) is 0 Å². The van der Waals surface area contributed by atoms with Crippen molar-refractivity contribution >= 4 is 11.9 Å². The molecule has 404 valence electrons. The van der Waals surface area contributed by atoms with Crippen LogP contribution in [0.25, 0.3) is 0 Å². The number of carbonyl (C=O) groups is 2. The highest BCUT2D eigenvalue weighted by atomic mass is 16.5. The largest absolute Gasteiger partial charge is 0.466 e. The molecule has 0 saturated carbocycles. The van der Waals surface area contributed by atoms with Crippen LogP contribution in [-0.2, 0) is 14.3 Å². The number of rotatable bonds is 58. The van der Waals surface area contributed by atoms with Gasteiger partial charge in [-0.15, -0.1) is 0 Å². The summed E-state index contributed by atoms with van der Waals surface area (Å²) in [5.74, 6) is -0.0414. The molecule has 0 spiro atoms. The minimum atomic E-state index is -0.670. The van der Waals surface area contributed by atoms with Gasteiger partial charge < -0.3 is 20.3 Å². The summed E-state index contributed by atoms with van der Waals surface area (Å²) >= 11 is 0. The topological polar surface area (TPSA) is 95.9 Å². The van der Waals surface area contributed by atoms with E-state index in [1.54, 1.807) is 0 Å². The van der Waals surface area contributed by atoms with Gasteiger partial charge in [0.15, 0.2) is 0 Å². The van der Waals surface area contributed by atoms with Crippen molar-refractivity contribution in [3.63, 3.8) is 0 Å². The number of unbranched alkanes of at least 4 members (excludes halogenated alkanes) is 45. The molecule has 0 aliphatic rings. The Morgan fingerprint density at radius 3 is 1.04 bits per heavy atom. The van der Waals surface area contributed by atoms with Crippen molar-refractivity contribution in [3.05, 3.63) is 12.2 Å². The molecule has 0 aromatic carbocycles. The molecule has 0 radical (unpaired) electrons. The second-order valence-electron chi connectivity index (χ2n) is 21.4. The van der Waals surface area contributed by atoms with E-state index in [4.69, 9.17) is 4.74 Å². The maximum atomic E-state index is 12.5. The zero-order chi connectivity index (χ0) is 49.3. The lowest BCUT2D eigenvalue weighted by Crippen LogP contribution is -2.45. The molecular formula is C62H121NO5. The van der Waals surface area contributed by atoms with Crippen molar-refractivity contribution in [2.45, 2.75) is 360 Å². The van der Waals surface area contributed by atoms with Crippen molar-refractivity contribution in [2.24, 2.45) is 0 Å². The minimum Gasteiger partial charge on any atom is -0.466 e. The van der Waals surface area contributed by atoms with Gasteiger partial charge in [-0.2, -0.15) is 0 Å². The third kappa shape index (κ3) is 53.9. The van der Waals surface area contributed by atoms with Crippen molar-refractivity contribution in [1.82, 2.24) is 5.32 Å². The molecule has 0 fully saturated rings. The number of carbonyl (C=O) groups excluding carboxylic acids is 2. The average Bonchev–Trinajstić information content (AvgIpc) is 3.34. The highest BCUT2D eigenvalue weighted by molar-refractivity contribution is 5.76. The zero-order valence-corrected chi connectivity index (χ0v) is 46.1. The molecule has 0 aromatic heterocycles. The molecule has 0 heterocycles. The van der Waals surface area contributed by atoms with Crippen LogP contribution in [0.4, 0.5) is 0 Å². The fraction of sp³-hybridized carbons (Fsp3) is 0.935. The van der Waals surface area contributed by atoms with Crippen molar-refractivity contribution in [2.75, 3.05) is 13.2 Å². The van der Waals surface area contributed by atoms with E-state index in [0.717, 1.165) is 44.9 Å².